The smallest absolute Gasteiger partial charge is 0.234 e. The Morgan fingerprint density at radius 3 is 2.71 bits per heavy atom. The van der Waals surface area contributed by atoms with E-state index in [0.717, 1.165) is 34.5 Å². The van der Waals surface area contributed by atoms with E-state index in [2.05, 4.69) is 15.5 Å². The van der Waals surface area contributed by atoms with Crippen LogP contribution in [0.1, 0.15) is 46.4 Å². The highest BCUT2D eigenvalue weighted by atomic mass is 32.2. The summed E-state index contributed by atoms with van der Waals surface area (Å²) in [7, 11) is 0. The van der Waals surface area contributed by atoms with E-state index in [9.17, 15) is 9.59 Å². The molecule has 0 saturated carbocycles. The fourth-order valence-corrected chi connectivity index (χ4v) is 6.07. The van der Waals surface area contributed by atoms with E-state index in [1.54, 1.807) is 35.6 Å². The van der Waals surface area contributed by atoms with Crippen LogP contribution in [-0.4, -0.2) is 37.0 Å². The van der Waals surface area contributed by atoms with Gasteiger partial charge in [0.25, 0.3) is 0 Å². The monoisotopic (exact) mass is 451 g/mol. The zero-order valence-electron chi connectivity index (χ0n) is 17.3. The lowest BCUT2D eigenvalue weighted by molar-refractivity contribution is -0.113. The van der Waals surface area contributed by atoms with Gasteiger partial charge in [-0.25, -0.2) is 4.98 Å². The quantitative estimate of drug-likeness (QED) is 0.356. The molecule has 158 valence electrons. The number of aromatic nitrogens is 4. The van der Waals surface area contributed by atoms with Gasteiger partial charge in [-0.1, -0.05) is 11.8 Å². The number of ketones is 1. The molecule has 9 heteroatoms. The highest BCUT2D eigenvalue weighted by Gasteiger charge is 2.22. The molecular weight excluding hydrogens is 430 g/mol. The highest BCUT2D eigenvalue weighted by Crippen LogP contribution is 2.38. The van der Waals surface area contributed by atoms with Crippen molar-refractivity contribution in [2.45, 2.75) is 44.7 Å². The van der Waals surface area contributed by atoms with Crippen LogP contribution in [0, 0.1) is 6.92 Å². The molecule has 1 N–H and O–H groups in total. The second-order valence-electron chi connectivity index (χ2n) is 7.66. The number of anilines is 1. The average molecular weight is 452 g/mol. The van der Waals surface area contributed by atoms with Crippen molar-refractivity contribution in [1.29, 1.82) is 0 Å². The van der Waals surface area contributed by atoms with Gasteiger partial charge in [0.15, 0.2) is 16.6 Å². The Morgan fingerprint density at radius 2 is 1.94 bits per heavy atom. The largest absolute Gasteiger partial charge is 0.325 e. The van der Waals surface area contributed by atoms with Gasteiger partial charge < -0.3 is 5.32 Å². The summed E-state index contributed by atoms with van der Waals surface area (Å²) in [6.07, 6.45) is 4.61. The Balaban J connectivity index is 1.37. The number of amides is 1. The molecule has 3 aromatic heterocycles. The minimum atomic E-state index is -0.142. The first-order valence-corrected chi connectivity index (χ1v) is 12.0. The lowest BCUT2D eigenvalue weighted by atomic mass is 9.97. The van der Waals surface area contributed by atoms with Crippen LogP contribution < -0.4 is 5.32 Å². The fraction of sp³-hybridized carbons (Fsp3) is 0.318. The molecular formula is C22H21N5O2S2. The summed E-state index contributed by atoms with van der Waals surface area (Å²) in [4.78, 5) is 31.1. The number of nitrogens with one attached hydrogen (secondary N) is 1. The molecule has 1 aromatic carbocycles. The first-order chi connectivity index (χ1) is 15.0. The topological polar surface area (TPSA) is 89.2 Å². The maximum Gasteiger partial charge on any atom is 0.234 e. The molecule has 0 atom stereocenters. The van der Waals surface area contributed by atoms with Gasteiger partial charge in [0, 0.05) is 16.1 Å². The second kappa shape index (κ2) is 8.05. The van der Waals surface area contributed by atoms with E-state index in [4.69, 9.17) is 4.98 Å². The van der Waals surface area contributed by atoms with E-state index < -0.39 is 0 Å². The van der Waals surface area contributed by atoms with Crippen LogP contribution in [0.5, 0.6) is 0 Å². The Bertz CT molecular complexity index is 1320. The predicted octanol–water partition coefficient (Wildman–Crippen LogP) is 4.46. The average Bonchev–Trinajstić information content (AvgIpc) is 3.34. The maximum absolute atomic E-state index is 12.4. The number of thiophene rings is 1. The third kappa shape index (κ3) is 3.72. The van der Waals surface area contributed by atoms with E-state index in [1.165, 1.54) is 42.0 Å². The predicted molar refractivity (Wildman–Crippen MR) is 123 cm³/mol. The van der Waals surface area contributed by atoms with E-state index in [1.807, 2.05) is 11.3 Å². The molecule has 1 amide bonds. The van der Waals surface area contributed by atoms with Gasteiger partial charge in [-0.15, -0.1) is 21.5 Å². The van der Waals surface area contributed by atoms with Crippen molar-refractivity contribution in [2.24, 2.45) is 0 Å². The van der Waals surface area contributed by atoms with Crippen LogP contribution in [0.25, 0.3) is 15.9 Å². The highest BCUT2D eigenvalue weighted by molar-refractivity contribution is 7.99. The summed E-state index contributed by atoms with van der Waals surface area (Å²) in [5, 5.41) is 13.5. The zero-order valence-corrected chi connectivity index (χ0v) is 18.9. The molecule has 0 radical (unpaired) electrons. The third-order valence-corrected chi connectivity index (χ3v) is 7.62. The van der Waals surface area contributed by atoms with E-state index in [-0.39, 0.29) is 17.4 Å². The molecule has 0 bridgehead atoms. The summed E-state index contributed by atoms with van der Waals surface area (Å²) in [5.74, 6) is 0.886. The Morgan fingerprint density at radius 1 is 1.16 bits per heavy atom. The molecule has 0 aliphatic heterocycles. The molecule has 0 unspecified atom stereocenters. The lowest BCUT2D eigenvalue weighted by Crippen LogP contribution is -2.14. The molecule has 5 rings (SSSR count). The van der Waals surface area contributed by atoms with Crippen LogP contribution in [0.3, 0.4) is 0 Å². The molecule has 0 saturated heterocycles. The Labute approximate surface area is 187 Å². The number of fused-ring (bicyclic) bond motifs is 5. The minimum Gasteiger partial charge on any atom is -0.325 e. The number of hydrogen-bond donors (Lipinski definition) is 1. The van der Waals surface area contributed by atoms with Crippen LogP contribution in [0.2, 0.25) is 0 Å². The first kappa shape index (κ1) is 20.1. The van der Waals surface area contributed by atoms with Crippen LogP contribution >= 0.6 is 23.1 Å². The van der Waals surface area contributed by atoms with Crippen molar-refractivity contribution in [3.05, 3.63) is 46.1 Å². The molecule has 1 aliphatic rings. The second-order valence-corrected chi connectivity index (χ2v) is 9.69. The van der Waals surface area contributed by atoms with Crippen LogP contribution in [0.15, 0.2) is 29.4 Å². The van der Waals surface area contributed by atoms with E-state index >= 15 is 0 Å². The van der Waals surface area contributed by atoms with Crippen molar-refractivity contribution in [3.63, 3.8) is 0 Å². The molecule has 31 heavy (non-hydrogen) atoms. The number of Topliss-reactive ketones (excluding diaryl/α,β-unsaturated/α-hetero) is 1. The summed E-state index contributed by atoms with van der Waals surface area (Å²) >= 11 is 3.12. The van der Waals surface area contributed by atoms with Crippen molar-refractivity contribution < 1.29 is 9.59 Å². The van der Waals surface area contributed by atoms with Gasteiger partial charge in [-0.05, 0) is 69.4 Å². The SMILES string of the molecule is CC(=O)c1ccc(NC(=O)CSc2nnc3c4c5c(sc4nc(C)n23)CCCC5)cc1. The number of nitrogens with zero attached hydrogens (tertiary/aromatic N) is 4. The normalized spacial score (nSPS) is 13.5. The van der Waals surface area contributed by atoms with Crippen molar-refractivity contribution >= 4 is 56.3 Å². The van der Waals surface area contributed by atoms with Gasteiger partial charge in [0.1, 0.15) is 10.7 Å². The number of carbonyl (C=O) groups excluding carboxylic acids is 2. The molecule has 4 aromatic rings. The number of thioether (sulfide) groups is 1. The number of aryl methyl sites for hydroxylation is 3. The van der Waals surface area contributed by atoms with Crippen molar-refractivity contribution in [1.82, 2.24) is 19.6 Å². The Hall–Kier alpha value is -2.78. The van der Waals surface area contributed by atoms with Crippen LogP contribution in [-0.2, 0) is 17.6 Å². The number of hydrogen-bond acceptors (Lipinski definition) is 7. The fourth-order valence-electron chi connectivity index (χ4n) is 3.99. The summed E-state index contributed by atoms with van der Waals surface area (Å²) < 4.78 is 1.96. The van der Waals surface area contributed by atoms with Gasteiger partial charge in [-0.3, -0.25) is 14.0 Å². The van der Waals surface area contributed by atoms with Crippen molar-refractivity contribution in [3.8, 4) is 0 Å². The molecule has 1 aliphatic carbocycles. The molecule has 0 fully saturated rings. The molecule has 3 heterocycles. The van der Waals surface area contributed by atoms with Gasteiger partial charge in [-0.2, -0.15) is 0 Å². The first-order valence-electron chi connectivity index (χ1n) is 10.2. The lowest BCUT2D eigenvalue weighted by Gasteiger charge is -2.10. The van der Waals surface area contributed by atoms with Crippen molar-refractivity contribution in [2.75, 3.05) is 11.1 Å². The number of benzene rings is 1. The molecule has 0 spiro atoms. The number of rotatable bonds is 5. The standard InChI is InChI=1S/C22H21N5O2S2/c1-12(28)14-7-9-15(10-8-14)24-18(29)11-30-22-26-25-20-19-16-5-3-4-6-17(16)31-21(19)23-13(2)27(20)22/h7-10H,3-6,11H2,1-2H3,(H,24,29). The van der Waals surface area contributed by atoms with Gasteiger partial charge in [0.05, 0.1) is 11.1 Å². The number of carbonyl (C=O) groups is 2. The van der Waals surface area contributed by atoms with Crippen LogP contribution in [0.4, 0.5) is 5.69 Å². The zero-order chi connectivity index (χ0) is 21.5. The van der Waals surface area contributed by atoms with E-state index in [0.29, 0.717) is 16.4 Å². The van der Waals surface area contributed by atoms with Gasteiger partial charge >= 0.3 is 0 Å². The summed E-state index contributed by atoms with van der Waals surface area (Å²) in [6.45, 7) is 3.47. The summed E-state index contributed by atoms with van der Waals surface area (Å²) in [6, 6.07) is 6.88. The maximum atomic E-state index is 12.4. The minimum absolute atomic E-state index is 0.00269. The third-order valence-electron chi connectivity index (χ3n) is 5.50. The van der Waals surface area contributed by atoms with Gasteiger partial charge in [0.2, 0.25) is 5.91 Å². The molecule has 7 nitrogen and oxygen atoms in total. The summed E-state index contributed by atoms with van der Waals surface area (Å²) in [5.41, 5.74) is 3.49. The Kier molecular flexibility index (Phi) is 5.23.